The number of hydrogen-bond acceptors (Lipinski definition) is 1. The molecule has 0 heterocycles. The number of allylic oxidation sites excluding steroid dienone is 3. The lowest BCUT2D eigenvalue weighted by atomic mass is 10.1. The van der Waals surface area contributed by atoms with Crippen molar-refractivity contribution < 1.29 is 4.39 Å². The van der Waals surface area contributed by atoms with Gasteiger partial charge in [0.25, 0.3) is 0 Å². The molecule has 50 valence electrons. The zero-order valence-electron chi connectivity index (χ0n) is 5.45. The van der Waals surface area contributed by atoms with Gasteiger partial charge in [0, 0.05) is 19.2 Å². The Balaban J connectivity index is 2.63. The Labute approximate surface area is 54.3 Å². The lowest BCUT2D eigenvalue weighted by molar-refractivity contribution is 0.582. The first-order valence-electron chi connectivity index (χ1n) is 3.07. The molecule has 1 N–H and O–H groups in total. The maximum Gasteiger partial charge on any atom is 0.102 e. The van der Waals surface area contributed by atoms with Crippen LogP contribution >= 0.6 is 0 Å². The fourth-order valence-electron chi connectivity index (χ4n) is 0.840. The number of nitrogens with one attached hydrogen (secondary N) is 1. The molecule has 0 bridgehead atoms. The predicted molar refractivity (Wildman–Crippen MR) is 35.6 cm³/mol. The Kier molecular flexibility index (Phi) is 1.88. The predicted octanol–water partition coefficient (Wildman–Crippen LogP) is 1.74. The van der Waals surface area contributed by atoms with Crippen LogP contribution in [0.5, 0.6) is 0 Å². The molecule has 0 saturated carbocycles. The molecule has 1 aliphatic rings. The van der Waals surface area contributed by atoms with Crippen molar-refractivity contribution in [1.82, 2.24) is 5.32 Å². The van der Waals surface area contributed by atoms with Crippen LogP contribution in [0.1, 0.15) is 12.8 Å². The quantitative estimate of drug-likeness (QED) is 0.565. The minimum absolute atomic E-state index is 0.0261. The van der Waals surface area contributed by atoms with Crippen LogP contribution in [0, 0.1) is 0 Å². The minimum atomic E-state index is -0.0261. The van der Waals surface area contributed by atoms with E-state index in [4.69, 9.17) is 0 Å². The molecule has 9 heavy (non-hydrogen) atoms. The van der Waals surface area contributed by atoms with Crippen LogP contribution in [0.3, 0.4) is 0 Å². The van der Waals surface area contributed by atoms with Crippen molar-refractivity contribution >= 4 is 0 Å². The second kappa shape index (κ2) is 2.67. The van der Waals surface area contributed by atoms with Crippen LogP contribution in [0.2, 0.25) is 0 Å². The van der Waals surface area contributed by atoms with Crippen molar-refractivity contribution in [2.45, 2.75) is 12.8 Å². The van der Waals surface area contributed by atoms with Crippen molar-refractivity contribution in [2.24, 2.45) is 0 Å². The molecule has 0 amide bonds. The lowest BCUT2D eigenvalue weighted by Crippen LogP contribution is -2.05. The van der Waals surface area contributed by atoms with E-state index in [1.807, 2.05) is 6.08 Å². The maximum atomic E-state index is 12.4. The first-order chi connectivity index (χ1) is 4.33. The van der Waals surface area contributed by atoms with Gasteiger partial charge in [0.05, 0.1) is 0 Å². The normalized spacial score (nSPS) is 18.4. The summed E-state index contributed by atoms with van der Waals surface area (Å²) in [7, 11) is 1.79. The smallest absolute Gasteiger partial charge is 0.102 e. The van der Waals surface area contributed by atoms with E-state index in [-0.39, 0.29) is 5.83 Å². The molecule has 0 aliphatic heterocycles. The summed E-state index contributed by atoms with van der Waals surface area (Å²) in [4.78, 5) is 0. The molecule has 0 fully saturated rings. The third-order valence-electron chi connectivity index (χ3n) is 1.35. The SMILES string of the molecule is CNC1=CCCC(F)=C1. The summed E-state index contributed by atoms with van der Waals surface area (Å²) < 4.78 is 12.4. The Morgan fingerprint density at radius 3 is 2.89 bits per heavy atom. The van der Waals surface area contributed by atoms with E-state index in [1.54, 1.807) is 7.05 Å². The van der Waals surface area contributed by atoms with E-state index in [0.29, 0.717) is 6.42 Å². The monoisotopic (exact) mass is 127 g/mol. The molecule has 2 heteroatoms. The van der Waals surface area contributed by atoms with Gasteiger partial charge in [-0.05, 0) is 12.5 Å². The molecule has 1 aliphatic carbocycles. The third-order valence-corrected chi connectivity index (χ3v) is 1.35. The zero-order valence-corrected chi connectivity index (χ0v) is 5.45. The van der Waals surface area contributed by atoms with Gasteiger partial charge in [0.2, 0.25) is 0 Å². The van der Waals surface area contributed by atoms with Gasteiger partial charge in [0.1, 0.15) is 5.83 Å². The fraction of sp³-hybridized carbons (Fsp3) is 0.429. The number of halogens is 1. The highest BCUT2D eigenvalue weighted by atomic mass is 19.1. The summed E-state index contributed by atoms with van der Waals surface area (Å²) >= 11 is 0. The molecule has 0 radical (unpaired) electrons. The van der Waals surface area contributed by atoms with Gasteiger partial charge in [-0.3, -0.25) is 0 Å². The van der Waals surface area contributed by atoms with Gasteiger partial charge in [-0.15, -0.1) is 0 Å². The Morgan fingerprint density at radius 1 is 1.67 bits per heavy atom. The van der Waals surface area contributed by atoms with Gasteiger partial charge < -0.3 is 5.32 Å². The molecule has 0 aromatic heterocycles. The first-order valence-corrected chi connectivity index (χ1v) is 3.07. The molecule has 0 saturated heterocycles. The van der Waals surface area contributed by atoms with E-state index in [1.165, 1.54) is 6.08 Å². The number of rotatable bonds is 1. The van der Waals surface area contributed by atoms with Crippen LogP contribution in [-0.2, 0) is 0 Å². The number of hydrogen-bond donors (Lipinski definition) is 1. The summed E-state index contributed by atoms with van der Waals surface area (Å²) in [6.45, 7) is 0. The summed E-state index contributed by atoms with van der Waals surface area (Å²) in [5.41, 5.74) is 0.888. The average molecular weight is 127 g/mol. The molecule has 0 aromatic rings. The standard InChI is InChI=1S/C7H10FN/c1-9-7-4-2-3-6(8)5-7/h4-5,9H,2-3H2,1H3. The summed E-state index contributed by atoms with van der Waals surface area (Å²) in [6.07, 6.45) is 4.90. The van der Waals surface area contributed by atoms with Crippen LogP contribution in [0.15, 0.2) is 23.7 Å². The van der Waals surface area contributed by atoms with Gasteiger partial charge in [0.15, 0.2) is 0 Å². The molecule has 0 spiro atoms. The third kappa shape index (κ3) is 1.56. The first kappa shape index (κ1) is 6.33. The Bertz CT molecular complexity index is 158. The highest BCUT2D eigenvalue weighted by Crippen LogP contribution is 2.15. The van der Waals surface area contributed by atoms with Crippen LogP contribution in [0.4, 0.5) is 4.39 Å². The molecule has 0 aromatic carbocycles. The largest absolute Gasteiger partial charge is 0.388 e. The molecule has 1 rings (SSSR count). The molecular weight excluding hydrogens is 117 g/mol. The van der Waals surface area contributed by atoms with E-state index < -0.39 is 0 Å². The highest BCUT2D eigenvalue weighted by Gasteiger charge is 2.01. The maximum absolute atomic E-state index is 12.4. The summed E-state index contributed by atoms with van der Waals surface area (Å²) in [5.74, 6) is -0.0261. The molecular formula is C7H10FN. The van der Waals surface area contributed by atoms with E-state index in [2.05, 4.69) is 5.32 Å². The second-order valence-electron chi connectivity index (χ2n) is 2.04. The van der Waals surface area contributed by atoms with Crippen LogP contribution < -0.4 is 5.32 Å². The summed E-state index contributed by atoms with van der Waals surface area (Å²) in [6, 6.07) is 0. The van der Waals surface area contributed by atoms with Crippen molar-refractivity contribution in [2.75, 3.05) is 7.05 Å². The van der Waals surface area contributed by atoms with Gasteiger partial charge in [-0.1, -0.05) is 6.08 Å². The van der Waals surface area contributed by atoms with Crippen molar-refractivity contribution in [3.63, 3.8) is 0 Å². The number of likely N-dealkylation sites (N-methyl/N-ethyl adjacent to an activating group) is 1. The molecule has 0 atom stereocenters. The van der Waals surface area contributed by atoms with Gasteiger partial charge in [-0.2, -0.15) is 0 Å². The van der Waals surface area contributed by atoms with E-state index in [0.717, 1.165) is 12.1 Å². The Hall–Kier alpha value is -0.790. The second-order valence-corrected chi connectivity index (χ2v) is 2.04. The van der Waals surface area contributed by atoms with Crippen LogP contribution in [-0.4, -0.2) is 7.05 Å². The average Bonchev–Trinajstić information content (AvgIpc) is 1.88. The lowest BCUT2D eigenvalue weighted by Gasteiger charge is -2.06. The molecule has 0 unspecified atom stereocenters. The molecule has 1 nitrogen and oxygen atoms in total. The highest BCUT2D eigenvalue weighted by molar-refractivity contribution is 5.22. The summed E-state index contributed by atoms with van der Waals surface area (Å²) in [5, 5.41) is 2.88. The van der Waals surface area contributed by atoms with Crippen molar-refractivity contribution in [1.29, 1.82) is 0 Å². The van der Waals surface area contributed by atoms with Gasteiger partial charge >= 0.3 is 0 Å². The Morgan fingerprint density at radius 2 is 2.44 bits per heavy atom. The van der Waals surface area contributed by atoms with Crippen molar-refractivity contribution in [3.05, 3.63) is 23.7 Å². The van der Waals surface area contributed by atoms with E-state index in [9.17, 15) is 4.39 Å². The van der Waals surface area contributed by atoms with Crippen molar-refractivity contribution in [3.8, 4) is 0 Å². The zero-order chi connectivity index (χ0) is 6.69. The topological polar surface area (TPSA) is 12.0 Å². The fourth-order valence-corrected chi connectivity index (χ4v) is 0.840. The minimum Gasteiger partial charge on any atom is -0.388 e. The van der Waals surface area contributed by atoms with Crippen LogP contribution in [0.25, 0.3) is 0 Å². The van der Waals surface area contributed by atoms with Gasteiger partial charge in [-0.25, -0.2) is 4.39 Å². The van der Waals surface area contributed by atoms with E-state index >= 15 is 0 Å².